The molecular formula is C12H16N2O2S. The third kappa shape index (κ3) is 3.78. The molecule has 92 valence electrons. The molecule has 1 aromatic rings. The lowest BCUT2D eigenvalue weighted by Crippen LogP contribution is -2.48. The molecular weight excluding hydrogens is 236 g/mol. The zero-order valence-corrected chi connectivity index (χ0v) is 10.8. The molecule has 0 heterocycles. The second kappa shape index (κ2) is 6.30. The van der Waals surface area contributed by atoms with Gasteiger partial charge in [-0.15, -0.1) is 0 Å². The molecule has 0 aliphatic carbocycles. The van der Waals surface area contributed by atoms with E-state index in [2.05, 4.69) is 17.9 Å². The fourth-order valence-electron chi connectivity index (χ4n) is 1.44. The van der Waals surface area contributed by atoms with E-state index in [0.29, 0.717) is 0 Å². The fraction of sp³-hybridized carbons (Fsp3) is 0.333. The Bertz CT molecular complexity index is 395. The van der Waals surface area contributed by atoms with Gasteiger partial charge in [-0.05, 0) is 12.1 Å². The van der Waals surface area contributed by atoms with E-state index in [0.717, 1.165) is 5.69 Å². The summed E-state index contributed by atoms with van der Waals surface area (Å²) >= 11 is 4.07. The maximum absolute atomic E-state index is 12.1. The first-order valence-corrected chi connectivity index (χ1v) is 5.90. The van der Waals surface area contributed by atoms with Crippen LogP contribution in [0.4, 0.5) is 5.69 Å². The van der Waals surface area contributed by atoms with Gasteiger partial charge in [0.15, 0.2) is 0 Å². The SMILES string of the molecule is CC(=O)NC(CS)C(=O)N(C)c1ccccc1. The molecule has 0 spiro atoms. The van der Waals surface area contributed by atoms with Crippen molar-refractivity contribution in [3.05, 3.63) is 30.3 Å². The van der Waals surface area contributed by atoms with Crippen molar-refractivity contribution in [1.82, 2.24) is 5.32 Å². The predicted molar refractivity (Wildman–Crippen MR) is 71.3 cm³/mol. The lowest BCUT2D eigenvalue weighted by molar-refractivity contribution is -0.125. The summed E-state index contributed by atoms with van der Waals surface area (Å²) in [5.74, 6) is -0.143. The van der Waals surface area contributed by atoms with Gasteiger partial charge in [0, 0.05) is 25.4 Å². The summed E-state index contributed by atoms with van der Waals surface area (Å²) in [5, 5.41) is 2.57. The van der Waals surface area contributed by atoms with Crippen molar-refractivity contribution in [2.24, 2.45) is 0 Å². The number of anilines is 1. The minimum atomic E-state index is -0.596. The van der Waals surface area contributed by atoms with Gasteiger partial charge in [-0.25, -0.2) is 0 Å². The number of rotatable bonds is 4. The molecule has 1 unspecified atom stereocenters. The smallest absolute Gasteiger partial charge is 0.250 e. The van der Waals surface area contributed by atoms with Gasteiger partial charge >= 0.3 is 0 Å². The molecule has 0 saturated heterocycles. The Morgan fingerprint density at radius 2 is 1.94 bits per heavy atom. The molecule has 0 saturated carbocycles. The number of nitrogens with one attached hydrogen (secondary N) is 1. The van der Waals surface area contributed by atoms with Crippen molar-refractivity contribution < 1.29 is 9.59 Å². The van der Waals surface area contributed by atoms with Gasteiger partial charge < -0.3 is 10.2 Å². The van der Waals surface area contributed by atoms with Gasteiger partial charge in [0.2, 0.25) is 11.8 Å². The van der Waals surface area contributed by atoms with Crippen LogP contribution in [0, 0.1) is 0 Å². The van der Waals surface area contributed by atoms with Gasteiger partial charge in [0.25, 0.3) is 0 Å². The number of hydrogen-bond acceptors (Lipinski definition) is 3. The van der Waals surface area contributed by atoms with Gasteiger partial charge in [0.05, 0.1) is 0 Å². The molecule has 0 aromatic heterocycles. The Labute approximate surface area is 106 Å². The summed E-state index contributed by atoms with van der Waals surface area (Å²) in [4.78, 5) is 24.5. The number of para-hydroxylation sites is 1. The van der Waals surface area contributed by atoms with Crippen LogP contribution in [0.3, 0.4) is 0 Å². The van der Waals surface area contributed by atoms with Crippen molar-refractivity contribution >= 4 is 30.1 Å². The summed E-state index contributed by atoms with van der Waals surface area (Å²) in [6, 6.07) is 8.66. The molecule has 0 bridgehead atoms. The average Bonchev–Trinajstić information content (AvgIpc) is 2.35. The molecule has 0 fully saturated rings. The third-order valence-electron chi connectivity index (χ3n) is 2.33. The summed E-state index contributed by atoms with van der Waals surface area (Å²) in [5.41, 5.74) is 0.787. The highest BCUT2D eigenvalue weighted by Crippen LogP contribution is 2.12. The largest absolute Gasteiger partial charge is 0.344 e. The summed E-state index contributed by atoms with van der Waals surface area (Å²) in [6.07, 6.45) is 0. The Morgan fingerprint density at radius 3 is 2.41 bits per heavy atom. The fourth-order valence-corrected chi connectivity index (χ4v) is 1.69. The first-order valence-electron chi connectivity index (χ1n) is 5.27. The zero-order valence-electron chi connectivity index (χ0n) is 9.88. The molecule has 0 aliphatic heterocycles. The van der Waals surface area contributed by atoms with Crippen molar-refractivity contribution in [3.63, 3.8) is 0 Å². The second-order valence-corrected chi connectivity index (χ2v) is 4.03. The van der Waals surface area contributed by atoms with E-state index in [4.69, 9.17) is 0 Å². The molecule has 17 heavy (non-hydrogen) atoms. The van der Waals surface area contributed by atoms with Crippen LogP contribution in [0.25, 0.3) is 0 Å². The maximum atomic E-state index is 12.1. The number of carbonyl (C=O) groups excluding carboxylic acids is 2. The van der Waals surface area contributed by atoms with Crippen molar-refractivity contribution in [2.75, 3.05) is 17.7 Å². The lowest BCUT2D eigenvalue weighted by atomic mass is 10.2. The minimum Gasteiger partial charge on any atom is -0.344 e. The monoisotopic (exact) mass is 252 g/mol. The minimum absolute atomic E-state index is 0.179. The highest BCUT2D eigenvalue weighted by atomic mass is 32.1. The molecule has 5 heteroatoms. The predicted octanol–water partition coefficient (Wildman–Crippen LogP) is 1.08. The zero-order chi connectivity index (χ0) is 12.8. The highest BCUT2D eigenvalue weighted by Gasteiger charge is 2.22. The Morgan fingerprint density at radius 1 is 1.35 bits per heavy atom. The number of benzene rings is 1. The van der Waals surface area contributed by atoms with E-state index >= 15 is 0 Å². The molecule has 0 aliphatic rings. The van der Waals surface area contributed by atoms with Gasteiger partial charge in [-0.3, -0.25) is 9.59 Å². The van der Waals surface area contributed by atoms with E-state index in [1.165, 1.54) is 11.8 Å². The van der Waals surface area contributed by atoms with Gasteiger partial charge in [-0.1, -0.05) is 18.2 Å². The topological polar surface area (TPSA) is 49.4 Å². The number of amides is 2. The van der Waals surface area contributed by atoms with Crippen LogP contribution in [-0.2, 0) is 9.59 Å². The highest BCUT2D eigenvalue weighted by molar-refractivity contribution is 7.80. The molecule has 1 aromatic carbocycles. The average molecular weight is 252 g/mol. The normalized spacial score (nSPS) is 11.7. The molecule has 4 nitrogen and oxygen atoms in total. The van der Waals surface area contributed by atoms with Crippen molar-refractivity contribution in [3.8, 4) is 0 Å². The van der Waals surface area contributed by atoms with E-state index in [9.17, 15) is 9.59 Å². The van der Waals surface area contributed by atoms with Crippen LogP contribution >= 0.6 is 12.6 Å². The quantitative estimate of drug-likeness (QED) is 0.788. The van der Waals surface area contributed by atoms with E-state index in [-0.39, 0.29) is 17.6 Å². The van der Waals surface area contributed by atoms with E-state index in [1.54, 1.807) is 7.05 Å². The first kappa shape index (κ1) is 13.6. The Kier molecular flexibility index (Phi) is 5.03. The van der Waals surface area contributed by atoms with E-state index < -0.39 is 6.04 Å². The van der Waals surface area contributed by atoms with Crippen LogP contribution in [0.5, 0.6) is 0 Å². The van der Waals surface area contributed by atoms with Crippen LogP contribution < -0.4 is 10.2 Å². The Hall–Kier alpha value is -1.49. The lowest BCUT2D eigenvalue weighted by Gasteiger charge is -2.23. The molecule has 1 atom stereocenters. The maximum Gasteiger partial charge on any atom is 0.250 e. The van der Waals surface area contributed by atoms with Crippen LogP contribution in [0.15, 0.2) is 30.3 Å². The molecule has 1 N–H and O–H groups in total. The Balaban J connectivity index is 2.77. The number of nitrogens with zero attached hydrogens (tertiary/aromatic N) is 1. The van der Waals surface area contributed by atoms with Gasteiger partial charge in [-0.2, -0.15) is 12.6 Å². The molecule has 1 rings (SSSR count). The third-order valence-corrected chi connectivity index (χ3v) is 2.70. The van der Waals surface area contributed by atoms with E-state index in [1.807, 2.05) is 30.3 Å². The number of hydrogen-bond donors (Lipinski definition) is 2. The summed E-state index contributed by atoms with van der Waals surface area (Å²) < 4.78 is 0. The number of carbonyl (C=O) groups is 2. The molecule has 2 amide bonds. The van der Waals surface area contributed by atoms with Crippen molar-refractivity contribution in [1.29, 1.82) is 0 Å². The first-order chi connectivity index (χ1) is 8.06. The van der Waals surface area contributed by atoms with Crippen LogP contribution in [0.1, 0.15) is 6.92 Å². The summed E-state index contributed by atoms with van der Waals surface area (Å²) in [6.45, 7) is 1.38. The van der Waals surface area contributed by atoms with Crippen LogP contribution in [0.2, 0.25) is 0 Å². The van der Waals surface area contributed by atoms with Crippen molar-refractivity contribution in [2.45, 2.75) is 13.0 Å². The number of thiol groups is 1. The van der Waals surface area contributed by atoms with Crippen LogP contribution in [-0.4, -0.2) is 30.7 Å². The standard InChI is InChI=1S/C12H16N2O2S/c1-9(15)13-11(8-17)12(16)14(2)10-6-4-3-5-7-10/h3-7,11,17H,8H2,1-2H3,(H,13,15). The number of likely N-dealkylation sites (N-methyl/N-ethyl adjacent to an activating group) is 1. The van der Waals surface area contributed by atoms with Gasteiger partial charge in [0.1, 0.15) is 6.04 Å². The summed E-state index contributed by atoms with van der Waals surface area (Å²) in [7, 11) is 1.68. The molecule has 0 radical (unpaired) electrons. The second-order valence-electron chi connectivity index (χ2n) is 3.67.